The molecule has 0 unspecified atom stereocenters. The van der Waals surface area contributed by atoms with Gasteiger partial charge in [-0.15, -0.1) is 0 Å². The van der Waals surface area contributed by atoms with E-state index in [0.717, 1.165) is 66.7 Å². The summed E-state index contributed by atoms with van der Waals surface area (Å²) in [4.78, 5) is 77.0. The van der Waals surface area contributed by atoms with Gasteiger partial charge in [0.15, 0.2) is 18.3 Å². The van der Waals surface area contributed by atoms with Crippen molar-refractivity contribution >= 4 is 46.6 Å². The molecule has 5 rings (SSSR count). The smallest absolute Gasteiger partial charge is 0.303 e. The second-order valence-corrected chi connectivity index (χ2v) is 12.7. The lowest BCUT2D eigenvalue weighted by molar-refractivity contribution is -0.317. The molecule has 0 radical (unpaired) electrons. The van der Waals surface area contributed by atoms with Crippen LogP contribution in [0.3, 0.4) is 0 Å². The molecule has 2 aliphatic rings. The number of benzene rings is 1. The van der Waals surface area contributed by atoms with E-state index in [2.05, 4.69) is 61.7 Å². The molecule has 0 spiro atoms. The van der Waals surface area contributed by atoms with Gasteiger partial charge in [-0.2, -0.15) is 0 Å². The highest BCUT2D eigenvalue weighted by atomic mass is 16.8. The van der Waals surface area contributed by atoms with Gasteiger partial charge in [0.05, 0.1) is 5.56 Å². The van der Waals surface area contributed by atoms with Crippen molar-refractivity contribution in [1.82, 2.24) is 25.3 Å². The van der Waals surface area contributed by atoms with Crippen LogP contribution in [0.15, 0.2) is 42.9 Å². The summed E-state index contributed by atoms with van der Waals surface area (Å²) in [6.45, 7) is 7.24. The number of rotatable bonds is 13. The maximum Gasteiger partial charge on any atom is 0.303 e. The molecule has 2 fully saturated rings. The quantitative estimate of drug-likeness (QED) is 0.147. The Bertz CT molecular complexity index is 1740. The standard InChI is InChI=1S/C35H44N6O11/c1-20(42)47-19-29-30(48-21(2)43)31(49-22(3)44)32(50-23(4)45)34(51-29)52-39-33(46)25-16-37-35(38-17-25)41-12-10-24(11-13-41)14-36-15-26-18-40(5)28-9-7-6-8-27(26)28/h6-9,16-18,24,29-32,34,36H,10-15,19H2,1-5H3,(H,39,46)/t29-,30+,31+,32-,34+/m1/s1. The molecular formula is C35H44N6O11. The maximum atomic E-state index is 13.1. The van der Waals surface area contributed by atoms with E-state index < -0.39 is 67.1 Å². The number of aromatic nitrogens is 3. The number of fused-ring (bicyclic) bond motifs is 1. The Labute approximate surface area is 300 Å². The normalized spacial score (nSPS) is 22.0. The third-order valence-corrected chi connectivity index (χ3v) is 8.74. The van der Waals surface area contributed by atoms with E-state index in [1.165, 1.54) is 28.9 Å². The Balaban J connectivity index is 1.16. The van der Waals surface area contributed by atoms with Gasteiger partial charge in [-0.25, -0.2) is 20.3 Å². The molecule has 280 valence electrons. The molecule has 2 N–H and O–H groups in total. The fourth-order valence-electron chi connectivity index (χ4n) is 6.37. The van der Waals surface area contributed by atoms with Crippen molar-refractivity contribution in [1.29, 1.82) is 0 Å². The van der Waals surface area contributed by atoms with E-state index in [-0.39, 0.29) is 5.56 Å². The molecule has 1 amide bonds. The van der Waals surface area contributed by atoms with Crippen molar-refractivity contribution < 1.29 is 52.5 Å². The second-order valence-electron chi connectivity index (χ2n) is 12.7. The van der Waals surface area contributed by atoms with Crippen LogP contribution in [-0.2, 0) is 61.3 Å². The van der Waals surface area contributed by atoms with Gasteiger partial charge in [0.1, 0.15) is 12.7 Å². The Morgan fingerprint density at radius 2 is 1.50 bits per heavy atom. The van der Waals surface area contributed by atoms with Gasteiger partial charge in [0, 0.05) is 83.9 Å². The molecule has 3 aromatic rings. The number of hydroxylamine groups is 1. The summed E-state index contributed by atoms with van der Waals surface area (Å²) >= 11 is 0. The van der Waals surface area contributed by atoms with Gasteiger partial charge in [0.25, 0.3) is 5.91 Å². The lowest BCUT2D eigenvalue weighted by Crippen LogP contribution is -2.63. The number of hydrogen-bond acceptors (Lipinski definition) is 15. The molecule has 0 aliphatic carbocycles. The molecule has 52 heavy (non-hydrogen) atoms. The Hall–Kier alpha value is -5.13. The molecular weight excluding hydrogens is 680 g/mol. The van der Waals surface area contributed by atoms with Crippen LogP contribution in [-0.4, -0.2) is 101 Å². The van der Waals surface area contributed by atoms with Gasteiger partial charge in [-0.05, 0) is 36.9 Å². The SMILES string of the molecule is CC(=O)OC[C@H]1O[C@@H](ONC(=O)c2cnc(N3CCC(CNCc4cn(C)c5ccccc45)CC3)nc2)[C@H](OC(C)=O)[C@@H](OC(C)=O)[C@H]1OC(C)=O. The van der Waals surface area contributed by atoms with Gasteiger partial charge >= 0.3 is 23.9 Å². The minimum absolute atomic E-state index is 0.0573. The summed E-state index contributed by atoms with van der Waals surface area (Å²) in [5.41, 5.74) is 4.77. The number of amides is 1. The van der Waals surface area contributed by atoms with E-state index in [9.17, 15) is 24.0 Å². The van der Waals surface area contributed by atoms with Gasteiger partial charge in [-0.3, -0.25) is 24.0 Å². The number of carbonyl (C=O) groups is 5. The van der Waals surface area contributed by atoms with Crippen molar-refractivity contribution in [2.75, 3.05) is 31.1 Å². The van der Waals surface area contributed by atoms with E-state index in [1.807, 2.05) is 6.07 Å². The van der Waals surface area contributed by atoms with Crippen LogP contribution in [0.1, 0.15) is 56.5 Å². The zero-order valence-corrected chi connectivity index (χ0v) is 29.7. The predicted molar refractivity (Wildman–Crippen MR) is 182 cm³/mol. The van der Waals surface area contributed by atoms with Crippen LogP contribution in [0.25, 0.3) is 10.9 Å². The van der Waals surface area contributed by atoms with Gasteiger partial charge < -0.3 is 38.5 Å². The highest BCUT2D eigenvalue weighted by Crippen LogP contribution is 2.30. The van der Waals surface area contributed by atoms with Crippen molar-refractivity contribution in [3.63, 3.8) is 0 Å². The molecule has 2 saturated heterocycles. The first-order valence-electron chi connectivity index (χ1n) is 17.0. The van der Waals surface area contributed by atoms with Crippen molar-refractivity contribution in [2.45, 2.75) is 77.8 Å². The first-order valence-corrected chi connectivity index (χ1v) is 17.0. The molecule has 2 aromatic heterocycles. The summed E-state index contributed by atoms with van der Waals surface area (Å²) < 4.78 is 29.1. The Kier molecular flexibility index (Phi) is 12.7. The van der Waals surface area contributed by atoms with Gasteiger partial charge in [-0.1, -0.05) is 18.2 Å². The summed E-state index contributed by atoms with van der Waals surface area (Å²) in [6.07, 6.45) is -0.358. The first-order chi connectivity index (χ1) is 24.9. The Morgan fingerprint density at radius 1 is 0.865 bits per heavy atom. The maximum absolute atomic E-state index is 13.1. The summed E-state index contributed by atoms with van der Waals surface area (Å²) in [7, 11) is 2.06. The molecule has 17 heteroatoms. The average Bonchev–Trinajstić information content (AvgIpc) is 3.43. The lowest BCUT2D eigenvalue weighted by atomic mass is 9.97. The van der Waals surface area contributed by atoms with Crippen LogP contribution in [0, 0.1) is 5.92 Å². The monoisotopic (exact) mass is 724 g/mol. The minimum Gasteiger partial charge on any atom is -0.463 e. The van der Waals surface area contributed by atoms with Gasteiger partial charge in [0.2, 0.25) is 12.2 Å². The van der Waals surface area contributed by atoms with E-state index in [4.69, 9.17) is 28.5 Å². The zero-order chi connectivity index (χ0) is 37.4. The third kappa shape index (κ3) is 9.80. The van der Waals surface area contributed by atoms with Crippen molar-refractivity contribution in [3.8, 4) is 0 Å². The van der Waals surface area contributed by atoms with Crippen LogP contribution in [0.4, 0.5) is 5.95 Å². The number of anilines is 1. The minimum atomic E-state index is -1.59. The fourth-order valence-corrected chi connectivity index (χ4v) is 6.37. The number of esters is 4. The number of carbonyl (C=O) groups excluding carboxylic acids is 5. The molecule has 0 bridgehead atoms. The van der Waals surface area contributed by atoms with Crippen LogP contribution in [0.2, 0.25) is 0 Å². The fraction of sp³-hybridized carbons (Fsp3) is 0.514. The number of ether oxygens (including phenoxy) is 5. The van der Waals surface area contributed by atoms with Crippen molar-refractivity contribution in [3.05, 3.63) is 54.0 Å². The predicted octanol–water partition coefficient (Wildman–Crippen LogP) is 1.72. The summed E-state index contributed by atoms with van der Waals surface area (Å²) in [6, 6.07) is 8.37. The number of aryl methyl sites for hydroxylation is 1. The third-order valence-electron chi connectivity index (χ3n) is 8.74. The van der Waals surface area contributed by atoms with E-state index >= 15 is 0 Å². The molecule has 1 aromatic carbocycles. The summed E-state index contributed by atoms with van der Waals surface area (Å²) in [5, 5.41) is 4.88. The number of hydrogen-bond donors (Lipinski definition) is 2. The highest BCUT2D eigenvalue weighted by molar-refractivity contribution is 5.92. The van der Waals surface area contributed by atoms with E-state index in [1.54, 1.807) is 0 Å². The van der Waals surface area contributed by atoms with Crippen molar-refractivity contribution in [2.24, 2.45) is 13.0 Å². The molecule has 2 aliphatic heterocycles. The summed E-state index contributed by atoms with van der Waals surface area (Å²) in [5.74, 6) is -2.81. The topological polar surface area (TPSA) is 199 Å². The number of nitrogens with zero attached hydrogens (tertiary/aromatic N) is 4. The molecule has 4 heterocycles. The Morgan fingerprint density at radius 3 is 2.15 bits per heavy atom. The largest absolute Gasteiger partial charge is 0.463 e. The molecule has 5 atom stereocenters. The van der Waals surface area contributed by atoms with Crippen LogP contribution < -0.4 is 15.7 Å². The lowest BCUT2D eigenvalue weighted by Gasteiger charge is -2.43. The second kappa shape index (κ2) is 17.4. The first kappa shape index (κ1) is 38.1. The average molecular weight is 725 g/mol. The van der Waals surface area contributed by atoms with E-state index in [0.29, 0.717) is 11.9 Å². The number of para-hydroxylation sites is 1. The zero-order valence-electron chi connectivity index (χ0n) is 29.7. The van der Waals surface area contributed by atoms with Crippen LogP contribution >= 0.6 is 0 Å². The molecule has 0 saturated carbocycles. The highest BCUT2D eigenvalue weighted by Gasteiger charge is 2.53. The van der Waals surface area contributed by atoms with Crippen LogP contribution in [0.5, 0.6) is 0 Å². The molecule has 17 nitrogen and oxygen atoms in total. The number of piperidine rings is 1. The number of nitrogens with one attached hydrogen (secondary N) is 2.